The molecule has 0 aromatic carbocycles. The molecular weight excluding hydrogens is 188 g/mol. The van der Waals surface area contributed by atoms with E-state index < -0.39 is 0 Å². The van der Waals surface area contributed by atoms with E-state index in [2.05, 4.69) is 48.5 Å². The van der Waals surface area contributed by atoms with Crippen molar-refractivity contribution in [1.82, 2.24) is 0 Å². The van der Waals surface area contributed by atoms with Gasteiger partial charge in [-0.1, -0.05) is 48.5 Å². The van der Waals surface area contributed by atoms with Crippen LogP contribution in [0.25, 0.3) is 0 Å². The summed E-state index contributed by atoms with van der Waals surface area (Å²) in [5, 5.41) is 0. The SMILES string of the molecule is CC(C)(C)CC(C)(CC(C)(C)C)C1OO1. The number of hydrogen-bond acceptors (Lipinski definition) is 2. The van der Waals surface area contributed by atoms with E-state index in [0.29, 0.717) is 10.8 Å². The molecule has 0 atom stereocenters. The molecule has 0 amide bonds. The van der Waals surface area contributed by atoms with Gasteiger partial charge in [0.2, 0.25) is 6.29 Å². The Balaban J connectivity index is 2.70. The third kappa shape index (κ3) is 4.52. The summed E-state index contributed by atoms with van der Waals surface area (Å²) >= 11 is 0. The van der Waals surface area contributed by atoms with Crippen LogP contribution in [0.4, 0.5) is 0 Å². The Morgan fingerprint density at radius 1 is 0.733 bits per heavy atom. The molecule has 1 fully saturated rings. The van der Waals surface area contributed by atoms with Crippen LogP contribution in [0, 0.1) is 16.2 Å². The molecule has 2 nitrogen and oxygen atoms in total. The second-order valence-corrected chi connectivity index (χ2v) is 7.65. The van der Waals surface area contributed by atoms with E-state index in [4.69, 9.17) is 9.78 Å². The van der Waals surface area contributed by atoms with Crippen molar-refractivity contribution < 1.29 is 9.78 Å². The highest BCUT2D eigenvalue weighted by Gasteiger charge is 2.49. The molecule has 1 aliphatic rings. The van der Waals surface area contributed by atoms with Crippen LogP contribution in [-0.4, -0.2) is 6.29 Å². The quantitative estimate of drug-likeness (QED) is 0.521. The first kappa shape index (κ1) is 13.0. The van der Waals surface area contributed by atoms with E-state index in [1.165, 1.54) is 0 Å². The topological polar surface area (TPSA) is 25.1 Å². The minimum atomic E-state index is 0.0101. The lowest BCUT2D eigenvalue weighted by molar-refractivity contribution is 0.0850. The Morgan fingerprint density at radius 2 is 1.07 bits per heavy atom. The van der Waals surface area contributed by atoms with Gasteiger partial charge >= 0.3 is 0 Å². The monoisotopic (exact) mass is 214 g/mol. The summed E-state index contributed by atoms with van der Waals surface area (Å²) in [5.74, 6) is 0. The van der Waals surface area contributed by atoms with Crippen LogP contribution >= 0.6 is 0 Å². The smallest absolute Gasteiger partial charge is 0.198 e. The van der Waals surface area contributed by atoms with Crippen LogP contribution in [0.1, 0.15) is 61.3 Å². The highest BCUT2D eigenvalue weighted by Crippen LogP contribution is 2.49. The standard InChI is InChI=1S/C13H26O2/c1-11(2,3)8-13(7,10-14-15-10)9-12(4,5)6/h10H,8-9H2,1-7H3. The number of hydrogen-bond donors (Lipinski definition) is 0. The van der Waals surface area contributed by atoms with E-state index in [9.17, 15) is 0 Å². The number of rotatable bonds is 3. The maximum Gasteiger partial charge on any atom is 0.229 e. The van der Waals surface area contributed by atoms with Crippen molar-refractivity contribution in [3.63, 3.8) is 0 Å². The lowest BCUT2D eigenvalue weighted by atomic mass is 9.67. The highest BCUT2D eigenvalue weighted by molar-refractivity contribution is 4.88. The lowest BCUT2D eigenvalue weighted by Crippen LogP contribution is -2.33. The molecule has 2 heteroatoms. The third-order valence-electron chi connectivity index (χ3n) is 2.63. The summed E-state index contributed by atoms with van der Waals surface area (Å²) in [6, 6.07) is 0. The molecule has 90 valence electrons. The van der Waals surface area contributed by atoms with Gasteiger partial charge in [-0.05, 0) is 23.7 Å². The normalized spacial score (nSPS) is 19.4. The largest absolute Gasteiger partial charge is 0.229 e. The van der Waals surface area contributed by atoms with Crippen molar-refractivity contribution in [2.75, 3.05) is 0 Å². The summed E-state index contributed by atoms with van der Waals surface area (Å²) in [7, 11) is 0. The fraction of sp³-hybridized carbons (Fsp3) is 1.00. The van der Waals surface area contributed by atoms with Gasteiger partial charge in [0, 0.05) is 5.41 Å². The Hall–Kier alpha value is -0.0800. The summed E-state index contributed by atoms with van der Waals surface area (Å²) in [6.07, 6.45) is 2.26. The van der Waals surface area contributed by atoms with E-state index in [0.717, 1.165) is 12.8 Å². The summed E-state index contributed by atoms with van der Waals surface area (Å²) in [6.45, 7) is 15.9. The fourth-order valence-corrected chi connectivity index (χ4v) is 2.91. The van der Waals surface area contributed by atoms with Gasteiger partial charge in [0.25, 0.3) is 0 Å². The molecule has 0 saturated carbocycles. The maximum atomic E-state index is 5.07. The van der Waals surface area contributed by atoms with Crippen LogP contribution in [0.2, 0.25) is 0 Å². The van der Waals surface area contributed by atoms with Crippen molar-refractivity contribution in [2.24, 2.45) is 16.2 Å². The Bertz CT molecular complexity index is 200. The molecule has 15 heavy (non-hydrogen) atoms. The van der Waals surface area contributed by atoms with Crippen molar-refractivity contribution in [3.05, 3.63) is 0 Å². The second kappa shape index (κ2) is 3.74. The average Bonchev–Trinajstić information content (AvgIpc) is 2.53. The van der Waals surface area contributed by atoms with Gasteiger partial charge < -0.3 is 0 Å². The second-order valence-electron chi connectivity index (χ2n) is 7.65. The van der Waals surface area contributed by atoms with E-state index in [1.54, 1.807) is 0 Å². The third-order valence-corrected chi connectivity index (χ3v) is 2.63. The van der Waals surface area contributed by atoms with Crippen LogP contribution in [-0.2, 0) is 9.78 Å². The van der Waals surface area contributed by atoms with Gasteiger partial charge in [-0.2, -0.15) is 9.78 Å². The molecule has 0 aromatic heterocycles. The van der Waals surface area contributed by atoms with Gasteiger partial charge in [-0.25, -0.2) is 0 Å². The summed E-state index contributed by atoms with van der Waals surface area (Å²) < 4.78 is 0. The molecule has 0 aromatic rings. The van der Waals surface area contributed by atoms with Gasteiger partial charge in [-0.3, -0.25) is 0 Å². The first-order valence-electron chi connectivity index (χ1n) is 5.84. The molecule has 1 heterocycles. The van der Waals surface area contributed by atoms with Crippen molar-refractivity contribution in [3.8, 4) is 0 Å². The van der Waals surface area contributed by atoms with Crippen LogP contribution in [0.5, 0.6) is 0 Å². The lowest BCUT2D eigenvalue weighted by Gasteiger charge is -2.37. The molecule has 0 radical (unpaired) electrons. The Kier molecular flexibility index (Phi) is 3.24. The molecule has 0 bridgehead atoms. The van der Waals surface area contributed by atoms with Crippen molar-refractivity contribution in [2.45, 2.75) is 67.6 Å². The Morgan fingerprint density at radius 3 is 1.27 bits per heavy atom. The van der Waals surface area contributed by atoms with E-state index in [-0.39, 0.29) is 11.7 Å². The molecular formula is C13H26O2. The molecule has 1 aliphatic heterocycles. The van der Waals surface area contributed by atoms with E-state index in [1.807, 2.05) is 0 Å². The van der Waals surface area contributed by atoms with Crippen LogP contribution in [0.3, 0.4) is 0 Å². The zero-order valence-electron chi connectivity index (χ0n) is 11.3. The molecule has 0 N–H and O–H groups in total. The van der Waals surface area contributed by atoms with Crippen molar-refractivity contribution in [1.29, 1.82) is 0 Å². The highest BCUT2D eigenvalue weighted by atomic mass is 17.4. The predicted octanol–water partition coefficient (Wildman–Crippen LogP) is 4.15. The zero-order chi connectivity index (χ0) is 11.9. The van der Waals surface area contributed by atoms with Gasteiger partial charge in [0.15, 0.2) is 0 Å². The molecule has 0 aliphatic carbocycles. The van der Waals surface area contributed by atoms with Crippen molar-refractivity contribution >= 4 is 0 Å². The first-order chi connectivity index (χ1) is 6.52. The average molecular weight is 214 g/mol. The van der Waals surface area contributed by atoms with Gasteiger partial charge in [0.05, 0.1) is 0 Å². The summed E-state index contributed by atoms with van der Waals surface area (Å²) in [4.78, 5) is 10.1. The van der Waals surface area contributed by atoms with E-state index >= 15 is 0 Å². The van der Waals surface area contributed by atoms with Crippen LogP contribution in [0.15, 0.2) is 0 Å². The first-order valence-corrected chi connectivity index (χ1v) is 5.84. The molecule has 1 saturated heterocycles. The zero-order valence-corrected chi connectivity index (χ0v) is 11.3. The molecule has 1 rings (SSSR count). The fourth-order valence-electron chi connectivity index (χ4n) is 2.91. The minimum absolute atomic E-state index is 0.0101. The predicted molar refractivity (Wildman–Crippen MR) is 62.2 cm³/mol. The molecule has 0 spiro atoms. The van der Waals surface area contributed by atoms with Crippen LogP contribution < -0.4 is 0 Å². The maximum absolute atomic E-state index is 5.07. The molecule has 0 unspecified atom stereocenters. The van der Waals surface area contributed by atoms with Gasteiger partial charge in [0.1, 0.15) is 0 Å². The summed E-state index contributed by atoms with van der Waals surface area (Å²) in [5.41, 5.74) is 0.765. The minimum Gasteiger partial charge on any atom is -0.198 e. The Labute approximate surface area is 94.3 Å². The van der Waals surface area contributed by atoms with Gasteiger partial charge in [-0.15, -0.1) is 0 Å².